The number of carbonyl (C=O) groups is 2. The molecule has 50 heavy (non-hydrogen) atoms. The first-order valence-corrected chi connectivity index (χ1v) is 20.8. The summed E-state index contributed by atoms with van der Waals surface area (Å²) >= 11 is 0. The molecule has 288 valence electrons. The van der Waals surface area contributed by atoms with Gasteiger partial charge >= 0.3 is 11.9 Å². The van der Waals surface area contributed by atoms with E-state index in [0.29, 0.717) is 25.9 Å². The zero-order chi connectivity index (χ0) is 36.4. The van der Waals surface area contributed by atoms with Gasteiger partial charge in [-0.15, -0.1) is 0 Å². The monoisotopic (exact) mass is 699 g/mol. The fraction of sp³-hybridized carbons (Fsp3) is 0.733. The Kier molecular flexibility index (Phi) is 39.1. The Morgan fingerprint density at radius 1 is 0.460 bits per heavy atom. The van der Waals surface area contributed by atoms with E-state index < -0.39 is 6.10 Å². The Balaban J connectivity index is 4.35. The number of unbranched alkanes of at least 4 members (excludes halogenated alkanes) is 16. The van der Waals surface area contributed by atoms with Crippen molar-refractivity contribution < 1.29 is 23.8 Å². The maximum absolute atomic E-state index is 12.6. The van der Waals surface area contributed by atoms with E-state index in [1.807, 2.05) is 6.08 Å². The van der Waals surface area contributed by atoms with Crippen molar-refractivity contribution in [1.29, 1.82) is 0 Å². The fourth-order valence-electron chi connectivity index (χ4n) is 5.44. The molecule has 0 aromatic carbocycles. The summed E-state index contributed by atoms with van der Waals surface area (Å²) in [5, 5.41) is 0. The fourth-order valence-corrected chi connectivity index (χ4v) is 5.44. The summed E-state index contributed by atoms with van der Waals surface area (Å²) in [5.74, 6) is -0.499. The van der Waals surface area contributed by atoms with Crippen molar-refractivity contribution in [2.24, 2.45) is 0 Å². The normalized spacial score (nSPS) is 12.8. The van der Waals surface area contributed by atoms with Crippen molar-refractivity contribution in [3.63, 3.8) is 0 Å². The SMILES string of the molecule is CC/C=C\C/C=C\C/C=C\C/C=C\CCC(=O)OCC(COCCCCCCCC/C=C\CCCC)OC(=O)CCCCCCCCCCC. The predicted octanol–water partition coefficient (Wildman–Crippen LogP) is 13.4. The zero-order valence-corrected chi connectivity index (χ0v) is 32.9. The second-order valence-corrected chi connectivity index (χ2v) is 13.5. The highest BCUT2D eigenvalue weighted by Gasteiger charge is 2.17. The Morgan fingerprint density at radius 3 is 1.58 bits per heavy atom. The van der Waals surface area contributed by atoms with E-state index >= 15 is 0 Å². The first kappa shape index (κ1) is 47.6. The number of esters is 2. The molecule has 0 saturated carbocycles. The van der Waals surface area contributed by atoms with Crippen LogP contribution in [0.2, 0.25) is 0 Å². The lowest BCUT2D eigenvalue weighted by molar-refractivity contribution is -0.162. The number of carbonyl (C=O) groups excluding carboxylic acids is 2. The van der Waals surface area contributed by atoms with Crippen molar-refractivity contribution in [2.75, 3.05) is 19.8 Å². The molecule has 1 atom stereocenters. The standard InChI is InChI=1S/C45H78O5/c1-4-7-10-13-16-19-21-23-24-27-29-32-35-38-44(46)49-42-43(50-45(47)39-36-33-30-26-18-15-12-9-6-3)41-48-40-37-34-31-28-25-22-20-17-14-11-8-5-2/h7,10,14,16-17,19,23-24,29,32,43H,4-6,8-9,11-13,15,18,20-22,25-28,30-31,33-42H2,1-3H3/b10-7-,17-14-,19-16-,24-23-,32-29-. The van der Waals surface area contributed by atoms with Crippen LogP contribution >= 0.6 is 0 Å². The third-order valence-electron chi connectivity index (χ3n) is 8.55. The van der Waals surface area contributed by atoms with Gasteiger partial charge in [0, 0.05) is 19.4 Å². The van der Waals surface area contributed by atoms with Gasteiger partial charge in [-0.1, -0.05) is 171 Å². The summed E-state index contributed by atoms with van der Waals surface area (Å²) < 4.78 is 17.1. The van der Waals surface area contributed by atoms with Crippen LogP contribution < -0.4 is 0 Å². The number of allylic oxidation sites excluding steroid dienone is 10. The molecule has 0 rings (SSSR count). The first-order chi connectivity index (χ1) is 24.6. The Morgan fingerprint density at radius 2 is 0.960 bits per heavy atom. The van der Waals surface area contributed by atoms with Crippen LogP contribution in [-0.4, -0.2) is 37.9 Å². The molecular weight excluding hydrogens is 620 g/mol. The summed E-state index contributed by atoms with van der Waals surface area (Å²) in [7, 11) is 0. The summed E-state index contributed by atoms with van der Waals surface area (Å²) in [5.41, 5.74) is 0. The minimum absolute atomic E-state index is 0.0451. The quantitative estimate of drug-likeness (QED) is 0.0367. The van der Waals surface area contributed by atoms with Crippen molar-refractivity contribution in [3.05, 3.63) is 60.8 Å². The molecule has 0 N–H and O–H groups in total. The van der Waals surface area contributed by atoms with Gasteiger partial charge in [0.05, 0.1) is 6.61 Å². The van der Waals surface area contributed by atoms with Crippen LogP contribution in [0.3, 0.4) is 0 Å². The molecule has 0 bridgehead atoms. The van der Waals surface area contributed by atoms with E-state index in [1.165, 1.54) is 96.3 Å². The molecule has 0 amide bonds. The van der Waals surface area contributed by atoms with E-state index in [0.717, 1.165) is 51.4 Å². The van der Waals surface area contributed by atoms with Gasteiger partial charge in [-0.2, -0.15) is 0 Å². The highest BCUT2D eigenvalue weighted by Crippen LogP contribution is 2.12. The molecule has 0 aliphatic heterocycles. The van der Waals surface area contributed by atoms with Crippen LogP contribution in [0.5, 0.6) is 0 Å². The van der Waals surface area contributed by atoms with Crippen molar-refractivity contribution in [2.45, 2.75) is 194 Å². The molecule has 5 heteroatoms. The van der Waals surface area contributed by atoms with Gasteiger partial charge in [-0.25, -0.2) is 0 Å². The highest BCUT2D eigenvalue weighted by atomic mass is 16.6. The lowest BCUT2D eigenvalue weighted by atomic mass is 10.1. The molecule has 0 aliphatic carbocycles. The van der Waals surface area contributed by atoms with Crippen LogP contribution in [-0.2, 0) is 23.8 Å². The van der Waals surface area contributed by atoms with Crippen molar-refractivity contribution in [1.82, 2.24) is 0 Å². The highest BCUT2D eigenvalue weighted by molar-refractivity contribution is 5.70. The van der Waals surface area contributed by atoms with Gasteiger partial charge in [0.2, 0.25) is 0 Å². The van der Waals surface area contributed by atoms with Crippen LogP contribution in [0.4, 0.5) is 0 Å². The number of ether oxygens (including phenoxy) is 3. The smallest absolute Gasteiger partial charge is 0.306 e. The minimum atomic E-state index is -0.562. The average molecular weight is 699 g/mol. The van der Waals surface area contributed by atoms with Crippen molar-refractivity contribution >= 4 is 11.9 Å². The molecule has 0 aromatic rings. The molecule has 0 spiro atoms. The summed E-state index contributed by atoms with van der Waals surface area (Å²) in [6.07, 6.45) is 49.4. The van der Waals surface area contributed by atoms with Crippen molar-refractivity contribution in [3.8, 4) is 0 Å². The maximum atomic E-state index is 12.6. The van der Waals surface area contributed by atoms with Gasteiger partial charge < -0.3 is 14.2 Å². The average Bonchev–Trinajstić information content (AvgIpc) is 3.11. The minimum Gasteiger partial charge on any atom is -0.462 e. The second kappa shape index (κ2) is 41.0. The Hall–Kier alpha value is -2.40. The van der Waals surface area contributed by atoms with E-state index in [2.05, 4.69) is 75.5 Å². The molecule has 0 aliphatic rings. The second-order valence-electron chi connectivity index (χ2n) is 13.5. The topological polar surface area (TPSA) is 61.8 Å². The predicted molar refractivity (Wildman–Crippen MR) is 214 cm³/mol. The lowest BCUT2D eigenvalue weighted by Crippen LogP contribution is -2.30. The van der Waals surface area contributed by atoms with Gasteiger partial charge in [-0.05, 0) is 64.2 Å². The van der Waals surface area contributed by atoms with E-state index in [4.69, 9.17) is 14.2 Å². The molecule has 0 saturated heterocycles. The van der Waals surface area contributed by atoms with Gasteiger partial charge in [0.1, 0.15) is 6.61 Å². The first-order valence-electron chi connectivity index (χ1n) is 20.8. The van der Waals surface area contributed by atoms with Crippen LogP contribution in [0, 0.1) is 0 Å². The molecular formula is C45H78O5. The van der Waals surface area contributed by atoms with Crippen LogP contribution in [0.1, 0.15) is 188 Å². The Labute approximate surface area is 309 Å². The summed E-state index contributed by atoms with van der Waals surface area (Å²) in [4.78, 5) is 25.0. The molecule has 0 fully saturated rings. The number of hydrogen-bond donors (Lipinski definition) is 0. The van der Waals surface area contributed by atoms with Gasteiger partial charge in [0.15, 0.2) is 6.10 Å². The summed E-state index contributed by atoms with van der Waals surface area (Å²) in [6, 6.07) is 0. The number of hydrogen-bond acceptors (Lipinski definition) is 5. The van der Waals surface area contributed by atoms with Gasteiger partial charge in [-0.3, -0.25) is 9.59 Å². The summed E-state index contributed by atoms with van der Waals surface area (Å²) in [6.45, 7) is 7.56. The molecule has 0 aromatic heterocycles. The lowest BCUT2D eigenvalue weighted by Gasteiger charge is -2.18. The number of rotatable bonds is 37. The molecule has 1 unspecified atom stereocenters. The zero-order valence-electron chi connectivity index (χ0n) is 32.9. The largest absolute Gasteiger partial charge is 0.462 e. The van der Waals surface area contributed by atoms with E-state index in [9.17, 15) is 9.59 Å². The van der Waals surface area contributed by atoms with Gasteiger partial charge in [0.25, 0.3) is 0 Å². The Bertz CT molecular complexity index is 884. The maximum Gasteiger partial charge on any atom is 0.306 e. The third-order valence-corrected chi connectivity index (χ3v) is 8.55. The third kappa shape index (κ3) is 38.4. The molecule has 5 nitrogen and oxygen atoms in total. The molecule has 0 heterocycles. The van der Waals surface area contributed by atoms with E-state index in [-0.39, 0.29) is 25.2 Å². The van der Waals surface area contributed by atoms with E-state index in [1.54, 1.807) is 0 Å². The molecule has 0 radical (unpaired) electrons. The van der Waals surface area contributed by atoms with Crippen LogP contribution in [0.25, 0.3) is 0 Å². The van der Waals surface area contributed by atoms with Crippen LogP contribution in [0.15, 0.2) is 60.8 Å².